The Morgan fingerprint density at radius 3 is 2.78 bits per heavy atom. The van der Waals surface area contributed by atoms with Gasteiger partial charge in [0, 0.05) is 34.7 Å². The minimum absolute atomic E-state index is 0.219. The summed E-state index contributed by atoms with van der Waals surface area (Å²) < 4.78 is 26.5. The summed E-state index contributed by atoms with van der Waals surface area (Å²) in [6.45, 7) is 2.59. The molecule has 0 aliphatic carbocycles. The van der Waals surface area contributed by atoms with Crippen LogP contribution in [0.4, 0.5) is 0 Å². The highest BCUT2D eigenvalue weighted by Gasteiger charge is 2.15. The molecule has 4 N–H and O–H groups in total. The topological polar surface area (TPSA) is 88.0 Å². The van der Waals surface area contributed by atoms with Crippen LogP contribution in [0, 0.1) is 6.92 Å². The van der Waals surface area contributed by atoms with Gasteiger partial charge in [0.1, 0.15) is 0 Å². The van der Waals surface area contributed by atoms with Gasteiger partial charge in [-0.1, -0.05) is 0 Å². The van der Waals surface area contributed by atoms with E-state index in [1.54, 1.807) is 17.4 Å². The summed E-state index contributed by atoms with van der Waals surface area (Å²) in [5, 5.41) is 0. The van der Waals surface area contributed by atoms with E-state index in [1.165, 1.54) is 6.20 Å². The van der Waals surface area contributed by atoms with E-state index in [0.29, 0.717) is 18.8 Å². The van der Waals surface area contributed by atoms with E-state index in [0.717, 1.165) is 9.75 Å². The highest BCUT2D eigenvalue weighted by atomic mass is 32.2. The zero-order chi connectivity index (χ0) is 13.2. The Kier molecular flexibility index (Phi) is 3.86. The van der Waals surface area contributed by atoms with Crippen molar-refractivity contribution in [1.82, 2.24) is 9.71 Å². The van der Waals surface area contributed by atoms with E-state index in [1.807, 2.05) is 19.1 Å². The van der Waals surface area contributed by atoms with Gasteiger partial charge in [0.15, 0.2) is 0 Å². The Balaban J connectivity index is 2.07. The van der Waals surface area contributed by atoms with Crippen LogP contribution >= 0.6 is 11.3 Å². The van der Waals surface area contributed by atoms with Crippen molar-refractivity contribution in [3.63, 3.8) is 0 Å². The third kappa shape index (κ3) is 2.99. The van der Waals surface area contributed by atoms with Gasteiger partial charge in [-0.25, -0.2) is 13.1 Å². The molecule has 0 atom stereocenters. The van der Waals surface area contributed by atoms with Crippen LogP contribution in [0.2, 0.25) is 0 Å². The first-order chi connectivity index (χ1) is 8.51. The number of aromatic amines is 1. The maximum atomic E-state index is 12.0. The zero-order valence-electron chi connectivity index (χ0n) is 9.93. The monoisotopic (exact) mass is 285 g/mol. The van der Waals surface area contributed by atoms with Crippen molar-refractivity contribution < 1.29 is 8.42 Å². The molecule has 0 aromatic carbocycles. The van der Waals surface area contributed by atoms with Crippen LogP contribution < -0.4 is 10.5 Å². The molecule has 0 fully saturated rings. The van der Waals surface area contributed by atoms with Gasteiger partial charge < -0.3 is 10.7 Å². The Labute approximate surface area is 110 Å². The summed E-state index contributed by atoms with van der Waals surface area (Å²) in [4.78, 5) is 5.20. The van der Waals surface area contributed by atoms with Crippen molar-refractivity contribution in [1.29, 1.82) is 0 Å². The molecule has 0 spiro atoms. The number of nitrogens with one attached hydrogen (secondary N) is 2. The van der Waals surface area contributed by atoms with E-state index in [-0.39, 0.29) is 4.90 Å². The van der Waals surface area contributed by atoms with Gasteiger partial charge in [-0.05, 0) is 25.1 Å². The fourth-order valence-electron chi connectivity index (χ4n) is 1.52. The molecule has 5 nitrogen and oxygen atoms in total. The number of rotatable bonds is 5. The summed E-state index contributed by atoms with van der Waals surface area (Å²) in [6.07, 6.45) is 1.45. The highest BCUT2D eigenvalue weighted by Crippen LogP contribution is 2.16. The molecule has 2 aromatic heterocycles. The SMILES string of the molecule is Cc1ccc(CNS(=O)(=O)c2c[nH]c(CN)c2)s1. The van der Waals surface area contributed by atoms with Gasteiger partial charge in [0.05, 0.1) is 4.90 Å². The summed E-state index contributed by atoms with van der Waals surface area (Å²) >= 11 is 1.58. The van der Waals surface area contributed by atoms with Gasteiger partial charge in [0.2, 0.25) is 10.0 Å². The van der Waals surface area contributed by atoms with Crippen molar-refractivity contribution in [3.8, 4) is 0 Å². The quantitative estimate of drug-likeness (QED) is 0.774. The number of aromatic nitrogens is 1. The van der Waals surface area contributed by atoms with Crippen LogP contribution in [0.15, 0.2) is 29.3 Å². The number of sulfonamides is 1. The Morgan fingerprint density at radius 1 is 1.44 bits per heavy atom. The molecule has 2 heterocycles. The molecule has 0 unspecified atom stereocenters. The molecule has 98 valence electrons. The maximum Gasteiger partial charge on any atom is 0.242 e. The van der Waals surface area contributed by atoms with E-state index in [2.05, 4.69) is 9.71 Å². The third-order valence-corrected chi connectivity index (χ3v) is 4.86. The lowest BCUT2D eigenvalue weighted by molar-refractivity contribution is 0.582. The summed E-state index contributed by atoms with van der Waals surface area (Å²) in [6, 6.07) is 5.43. The summed E-state index contributed by atoms with van der Waals surface area (Å²) in [5.74, 6) is 0. The predicted octanol–water partition coefficient (Wildman–Crippen LogP) is 1.32. The second-order valence-electron chi connectivity index (χ2n) is 3.90. The first kappa shape index (κ1) is 13.3. The van der Waals surface area contributed by atoms with E-state index in [9.17, 15) is 8.42 Å². The predicted molar refractivity (Wildman–Crippen MR) is 71.8 cm³/mol. The Morgan fingerprint density at radius 2 is 2.22 bits per heavy atom. The number of aryl methyl sites for hydroxylation is 1. The first-order valence-electron chi connectivity index (χ1n) is 5.43. The molecular weight excluding hydrogens is 270 g/mol. The molecular formula is C11H15N3O2S2. The number of hydrogen-bond donors (Lipinski definition) is 3. The van der Waals surface area contributed by atoms with Crippen molar-refractivity contribution in [3.05, 3.63) is 39.8 Å². The molecule has 2 rings (SSSR count). The van der Waals surface area contributed by atoms with Crippen LogP contribution in [-0.2, 0) is 23.1 Å². The molecule has 0 amide bonds. The van der Waals surface area contributed by atoms with Crippen molar-refractivity contribution in [2.45, 2.75) is 24.9 Å². The fourth-order valence-corrected chi connectivity index (χ4v) is 3.47. The standard InChI is InChI=1S/C11H15N3O2S2/c1-8-2-3-10(17-8)6-14-18(15,16)11-4-9(5-12)13-7-11/h2-4,7,13-14H,5-6,12H2,1H3. The highest BCUT2D eigenvalue weighted by molar-refractivity contribution is 7.89. The van der Waals surface area contributed by atoms with E-state index in [4.69, 9.17) is 5.73 Å². The number of thiophene rings is 1. The average Bonchev–Trinajstić information content (AvgIpc) is 2.95. The second kappa shape index (κ2) is 5.23. The van der Waals surface area contributed by atoms with Crippen molar-refractivity contribution >= 4 is 21.4 Å². The smallest absolute Gasteiger partial charge is 0.242 e. The lowest BCUT2D eigenvalue weighted by Gasteiger charge is -2.02. The molecule has 0 aliphatic heterocycles. The van der Waals surface area contributed by atoms with Gasteiger partial charge in [-0.3, -0.25) is 0 Å². The molecule has 7 heteroatoms. The Bertz CT molecular complexity index is 628. The van der Waals surface area contributed by atoms with Crippen LogP contribution in [-0.4, -0.2) is 13.4 Å². The fraction of sp³-hybridized carbons (Fsp3) is 0.273. The van der Waals surface area contributed by atoms with Gasteiger partial charge in [-0.15, -0.1) is 11.3 Å². The van der Waals surface area contributed by atoms with Crippen LogP contribution in [0.1, 0.15) is 15.4 Å². The number of nitrogens with two attached hydrogens (primary N) is 1. The minimum Gasteiger partial charge on any atom is -0.363 e. The molecule has 0 saturated heterocycles. The lowest BCUT2D eigenvalue weighted by atomic mass is 10.4. The number of H-pyrrole nitrogens is 1. The van der Waals surface area contributed by atoms with Gasteiger partial charge in [-0.2, -0.15) is 0 Å². The number of hydrogen-bond acceptors (Lipinski definition) is 4. The average molecular weight is 285 g/mol. The molecule has 0 radical (unpaired) electrons. The molecule has 18 heavy (non-hydrogen) atoms. The van der Waals surface area contributed by atoms with Gasteiger partial charge in [0.25, 0.3) is 0 Å². The van der Waals surface area contributed by atoms with Crippen LogP contribution in [0.5, 0.6) is 0 Å². The molecule has 0 aliphatic rings. The zero-order valence-corrected chi connectivity index (χ0v) is 11.6. The third-order valence-electron chi connectivity index (χ3n) is 2.48. The molecule has 2 aromatic rings. The second-order valence-corrected chi connectivity index (χ2v) is 7.04. The van der Waals surface area contributed by atoms with Crippen molar-refractivity contribution in [2.24, 2.45) is 5.73 Å². The normalized spacial score (nSPS) is 11.9. The minimum atomic E-state index is -3.47. The Hall–Kier alpha value is -1.15. The molecule has 0 saturated carbocycles. The van der Waals surface area contributed by atoms with E-state index >= 15 is 0 Å². The first-order valence-corrected chi connectivity index (χ1v) is 7.73. The van der Waals surface area contributed by atoms with Crippen LogP contribution in [0.3, 0.4) is 0 Å². The van der Waals surface area contributed by atoms with E-state index < -0.39 is 10.0 Å². The lowest BCUT2D eigenvalue weighted by Crippen LogP contribution is -2.22. The maximum absolute atomic E-state index is 12.0. The molecule has 0 bridgehead atoms. The van der Waals surface area contributed by atoms with Gasteiger partial charge >= 0.3 is 0 Å². The summed E-state index contributed by atoms with van der Waals surface area (Å²) in [7, 11) is -3.47. The summed E-state index contributed by atoms with van der Waals surface area (Å²) in [5.41, 5.74) is 6.13. The van der Waals surface area contributed by atoms with Crippen LogP contribution in [0.25, 0.3) is 0 Å². The largest absolute Gasteiger partial charge is 0.363 e. The van der Waals surface area contributed by atoms with Crippen molar-refractivity contribution in [2.75, 3.05) is 0 Å².